The highest BCUT2D eigenvalue weighted by atomic mass is 16.4. The summed E-state index contributed by atoms with van der Waals surface area (Å²) in [5, 5.41) is 8.91. The molecule has 1 fully saturated rings. The molecule has 0 spiro atoms. The molecule has 1 aliphatic carbocycles. The first-order chi connectivity index (χ1) is 7.70. The van der Waals surface area contributed by atoms with Gasteiger partial charge in [-0.25, -0.2) is 4.98 Å². The second-order valence-electron chi connectivity index (χ2n) is 4.33. The van der Waals surface area contributed by atoms with Gasteiger partial charge in [0.25, 0.3) is 0 Å². The Morgan fingerprint density at radius 2 is 2.19 bits per heavy atom. The van der Waals surface area contributed by atoms with E-state index in [9.17, 15) is 4.79 Å². The molecule has 88 valence electrons. The Hall–Kier alpha value is -1.36. The maximum Gasteiger partial charge on any atom is 0.326 e. The van der Waals surface area contributed by atoms with Gasteiger partial charge in [0.2, 0.25) is 0 Å². The van der Waals surface area contributed by atoms with Crippen LogP contribution >= 0.6 is 0 Å². The Kier molecular flexibility index (Phi) is 3.24. The number of nitrogens with two attached hydrogens (primary N) is 1. The number of carboxylic acids is 1. The molecule has 5 nitrogen and oxygen atoms in total. The third-order valence-corrected chi connectivity index (χ3v) is 3.25. The summed E-state index contributed by atoms with van der Waals surface area (Å²) >= 11 is 0. The zero-order valence-corrected chi connectivity index (χ0v) is 9.17. The van der Waals surface area contributed by atoms with Crippen LogP contribution in [0.3, 0.4) is 0 Å². The van der Waals surface area contributed by atoms with Crippen molar-refractivity contribution in [1.82, 2.24) is 9.55 Å². The Morgan fingerprint density at radius 1 is 1.50 bits per heavy atom. The van der Waals surface area contributed by atoms with Gasteiger partial charge in [-0.2, -0.15) is 0 Å². The fourth-order valence-electron chi connectivity index (χ4n) is 2.35. The molecule has 0 amide bonds. The predicted octanol–water partition coefficient (Wildman–Crippen LogP) is 1.47. The summed E-state index contributed by atoms with van der Waals surface area (Å²) in [5.74, 6) is -1.00. The van der Waals surface area contributed by atoms with Gasteiger partial charge in [-0.05, 0) is 12.8 Å². The first kappa shape index (κ1) is 11.1. The normalized spacial score (nSPS) is 19.6. The molecule has 0 bridgehead atoms. The average Bonchev–Trinajstić information content (AvgIpc) is 2.77. The van der Waals surface area contributed by atoms with Gasteiger partial charge in [-0.1, -0.05) is 19.3 Å². The standard InChI is InChI=1S/C11H17N3O2/c12-10(11(15)16)9-6-13-7-14(9)8-4-2-1-3-5-8/h6-8,10H,1-5,12H2,(H,15,16). The van der Waals surface area contributed by atoms with E-state index in [0.717, 1.165) is 12.8 Å². The molecule has 1 aromatic heterocycles. The van der Waals surface area contributed by atoms with Crippen LogP contribution < -0.4 is 5.73 Å². The van der Waals surface area contributed by atoms with Crippen LogP contribution in [0.15, 0.2) is 12.5 Å². The number of imidazole rings is 1. The Morgan fingerprint density at radius 3 is 2.81 bits per heavy atom. The number of aliphatic carboxylic acids is 1. The van der Waals surface area contributed by atoms with Crippen molar-refractivity contribution in [3.63, 3.8) is 0 Å². The summed E-state index contributed by atoms with van der Waals surface area (Å²) in [4.78, 5) is 14.9. The molecule has 16 heavy (non-hydrogen) atoms. The molecule has 1 saturated carbocycles. The van der Waals surface area contributed by atoms with Crippen molar-refractivity contribution in [2.45, 2.75) is 44.2 Å². The van der Waals surface area contributed by atoms with Crippen LogP contribution in [0.5, 0.6) is 0 Å². The van der Waals surface area contributed by atoms with E-state index in [1.165, 1.54) is 19.3 Å². The average molecular weight is 223 g/mol. The Labute approximate surface area is 94.3 Å². The molecule has 0 aromatic carbocycles. The van der Waals surface area contributed by atoms with E-state index >= 15 is 0 Å². The first-order valence-electron chi connectivity index (χ1n) is 5.70. The van der Waals surface area contributed by atoms with Crippen LogP contribution in [0.1, 0.15) is 49.9 Å². The number of nitrogens with zero attached hydrogens (tertiary/aromatic N) is 2. The summed E-state index contributed by atoms with van der Waals surface area (Å²) in [6.45, 7) is 0. The molecule has 0 radical (unpaired) electrons. The van der Waals surface area contributed by atoms with Crippen molar-refractivity contribution in [3.05, 3.63) is 18.2 Å². The molecule has 1 aromatic rings. The highest BCUT2D eigenvalue weighted by Crippen LogP contribution is 2.30. The third-order valence-electron chi connectivity index (χ3n) is 3.25. The summed E-state index contributed by atoms with van der Waals surface area (Å²) in [6.07, 6.45) is 9.12. The molecule has 1 unspecified atom stereocenters. The number of hydrogen-bond donors (Lipinski definition) is 2. The lowest BCUT2D eigenvalue weighted by Gasteiger charge is -2.25. The number of carboxylic acid groups (broad SMARTS) is 1. The molecule has 0 saturated heterocycles. The topological polar surface area (TPSA) is 81.1 Å². The van der Waals surface area contributed by atoms with Crippen LogP contribution in [0, 0.1) is 0 Å². The lowest BCUT2D eigenvalue weighted by atomic mass is 9.95. The van der Waals surface area contributed by atoms with Crippen molar-refractivity contribution < 1.29 is 9.90 Å². The van der Waals surface area contributed by atoms with Crippen LogP contribution in [0.4, 0.5) is 0 Å². The van der Waals surface area contributed by atoms with E-state index in [0.29, 0.717) is 11.7 Å². The van der Waals surface area contributed by atoms with Gasteiger partial charge in [0.15, 0.2) is 0 Å². The van der Waals surface area contributed by atoms with Gasteiger partial charge >= 0.3 is 5.97 Å². The highest BCUT2D eigenvalue weighted by molar-refractivity contribution is 5.74. The van der Waals surface area contributed by atoms with E-state index in [1.54, 1.807) is 12.5 Å². The first-order valence-corrected chi connectivity index (χ1v) is 5.70. The largest absolute Gasteiger partial charge is 0.480 e. The molecular weight excluding hydrogens is 206 g/mol. The van der Waals surface area contributed by atoms with E-state index in [4.69, 9.17) is 10.8 Å². The van der Waals surface area contributed by atoms with Gasteiger partial charge in [-0.3, -0.25) is 4.79 Å². The van der Waals surface area contributed by atoms with Gasteiger partial charge < -0.3 is 15.4 Å². The van der Waals surface area contributed by atoms with Crippen molar-refractivity contribution in [1.29, 1.82) is 0 Å². The fourth-order valence-corrected chi connectivity index (χ4v) is 2.35. The van der Waals surface area contributed by atoms with E-state index in [1.807, 2.05) is 4.57 Å². The van der Waals surface area contributed by atoms with Gasteiger partial charge in [0.1, 0.15) is 6.04 Å². The summed E-state index contributed by atoms with van der Waals surface area (Å²) in [5.41, 5.74) is 6.24. The number of hydrogen-bond acceptors (Lipinski definition) is 3. The zero-order valence-electron chi connectivity index (χ0n) is 9.17. The predicted molar refractivity (Wildman–Crippen MR) is 58.9 cm³/mol. The van der Waals surface area contributed by atoms with Crippen LogP contribution in [0.2, 0.25) is 0 Å². The minimum Gasteiger partial charge on any atom is -0.480 e. The van der Waals surface area contributed by atoms with Crippen LogP contribution in [-0.2, 0) is 4.79 Å². The van der Waals surface area contributed by atoms with Crippen LogP contribution in [0.25, 0.3) is 0 Å². The van der Waals surface area contributed by atoms with Crippen molar-refractivity contribution in [3.8, 4) is 0 Å². The van der Waals surface area contributed by atoms with Gasteiger partial charge in [-0.15, -0.1) is 0 Å². The lowest BCUT2D eigenvalue weighted by molar-refractivity contribution is -0.138. The van der Waals surface area contributed by atoms with Gasteiger partial charge in [0.05, 0.1) is 18.2 Å². The fraction of sp³-hybridized carbons (Fsp3) is 0.636. The molecule has 1 atom stereocenters. The summed E-state index contributed by atoms with van der Waals surface area (Å²) < 4.78 is 1.94. The summed E-state index contributed by atoms with van der Waals surface area (Å²) in [6, 6.07) is -0.596. The SMILES string of the molecule is NC(C(=O)O)c1cncn1C1CCCCC1. The van der Waals surface area contributed by atoms with Crippen molar-refractivity contribution in [2.75, 3.05) is 0 Å². The Bertz CT molecular complexity index is 369. The quantitative estimate of drug-likeness (QED) is 0.813. The second-order valence-corrected chi connectivity index (χ2v) is 4.33. The zero-order chi connectivity index (χ0) is 11.5. The molecule has 1 aliphatic rings. The minimum atomic E-state index is -1.00. The maximum absolute atomic E-state index is 10.9. The van der Waals surface area contributed by atoms with E-state index in [2.05, 4.69) is 4.98 Å². The van der Waals surface area contributed by atoms with Gasteiger partial charge in [0, 0.05) is 6.04 Å². The van der Waals surface area contributed by atoms with E-state index < -0.39 is 12.0 Å². The number of aromatic nitrogens is 2. The molecule has 1 heterocycles. The van der Waals surface area contributed by atoms with Crippen LogP contribution in [-0.4, -0.2) is 20.6 Å². The highest BCUT2D eigenvalue weighted by Gasteiger charge is 2.23. The lowest BCUT2D eigenvalue weighted by Crippen LogP contribution is -2.25. The van der Waals surface area contributed by atoms with E-state index in [-0.39, 0.29) is 0 Å². The molecule has 0 aliphatic heterocycles. The monoisotopic (exact) mass is 223 g/mol. The second kappa shape index (κ2) is 4.65. The third kappa shape index (κ3) is 2.09. The molecule has 5 heteroatoms. The molecular formula is C11H17N3O2. The van der Waals surface area contributed by atoms with Crippen molar-refractivity contribution in [2.24, 2.45) is 5.73 Å². The molecule has 3 N–H and O–H groups in total. The summed E-state index contributed by atoms with van der Waals surface area (Å²) in [7, 11) is 0. The van der Waals surface area contributed by atoms with Crippen molar-refractivity contribution >= 4 is 5.97 Å². The Balaban J connectivity index is 2.20. The number of rotatable bonds is 3. The number of carbonyl (C=O) groups is 1. The maximum atomic E-state index is 10.9. The molecule has 2 rings (SSSR count). The smallest absolute Gasteiger partial charge is 0.326 e. The minimum absolute atomic E-state index is 0.372.